The Morgan fingerprint density at radius 1 is 1.32 bits per heavy atom. The van der Waals surface area contributed by atoms with Crippen molar-refractivity contribution in [2.24, 2.45) is 0 Å². The van der Waals surface area contributed by atoms with E-state index in [0.717, 1.165) is 27.1 Å². The van der Waals surface area contributed by atoms with Crippen LogP contribution in [0.15, 0.2) is 30.3 Å². The summed E-state index contributed by atoms with van der Waals surface area (Å²) >= 11 is 0. The molecule has 116 valence electrons. The molecule has 1 atom stereocenters. The molecule has 2 N–H and O–H groups in total. The second-order valence-corrected chi connectivity index (χ2v) is 6.90. The molecule has 2 aromatic carbocycles. The van der Waals surface area contributed by atoms with Crippen LogP contribution in [0.2, 0.25) is 0 Å². The Morgan fingerprint density at radius 2 is 2.09 bits per heavy atom. The Bertz CT molecular complexity index is 848. The first-order valence-electron chi connectivity index (χ1n) is 6.95. The summed E-state index contributed by atoms with van der Waals surface area (Å²) in [5.74, 6) is -0.131. The number of nitrogens with one attached hydrogen (secondary N) is 1. The number of nitrogens with zero attached hydrogens (tertiary/aromatic N) is 1. The lowest BCUT2D eigenvalue weighted by molar-refractivity contribution is -0.108. The number of phenolic OH excluding ortho intramolecular Hbond substituents is 1. The molecule has 1 unspecified atom stereocenters. The van der Waals surface area contributed by atoms with Gasteiger partial charge in [0.1, 0.15) is 12.0 Å². The van der Waals surface area contributed by atoms with Crippen molar-refractivity contribution in [3.63, 3.8) is 0 Å². The van der Waals surface area contributed by atoms with Gasteiger partial charge in [-0.3, -0.25) is 4.31 Å². The number of anilines is 1. The molecule has 22 heavy (non-hydrogen) atoms. The van der Waals surface area contributed by atoms with Gasteiger partial charge in [-0.2, -0.15) is 13.1 Å². The molecule has 0 aromatic heterocycles. The van der Waals surface area contributed by atoms with Gasteiger partial charge in [0.15, 0.2) is 0 Å². The summed E-state index contributed by atoms with van der Waals surface area (Å²) < 4.78 is 27.4. The molecular formula is C15H16N2O4S. The van der Waals surface area contributed by atoms with E-state index >= 15 is 0 Å². The zero-order chi connectivity index (χ0) is 15.9. The molecule has 2 aromatic rings. The fraction of sp³-hybridized carbons (Fsp3) is 0.267. The number of carbonyl (C=O) groups is 1. The quantitative estimate of drug-likeness (QED) is 0.835. The van der Waals surface area contributed by atoms with Gasteiger partial charge in [-0.1, -0.05) is 25.1 Å². The molecule has 0 saturated carbocycles. The predicted octanol–water partition coefficient (Wildman–Crippen LogP) is 1.33. The number of phenols is 1. The molecule has 1 fully saturated rings. The Hall–Kier alpha value is -2.12. The van der Waals surface area contributed by atoms with Crippen LogP contribution in [0.1, 0.15) is 12.5 Å². The van der Waals surface area contributed by atoms with Crippen LogP contribution >= 0.6 is 0 Å². The second-order valence-electron chi connectivity index (χ2n) is 5.27. The zero-order valence-corrected chi connectivity index (χ0v) is 12.8. The molecule has 7 heteroatoms. The van der Waals surface area contributed by atoms with Crippen LogP contribution < -0.4 is 9.03 Å². The minimum absolute atomic E-state index is 0.0294. The predicted molar refractivity (Wildman–Crippen MR) is 84.2 cm³/mol. The molecule has 0 amide bonds. The van der Waals surface area contributed by atoms with E-state index in [0.29, 0.717) is 6.29 Å². The molecule has 0 bridgehead atoms. The van der Waals surface area contributed by atoms with E-state index in [1.807, 2.05) is 25.1 Å². The molecule has 0 aliphatic carbocycles. The molecule has 6 nitrogen and oxygen atoms in total. The van der Waals surface area contributed by atoms with E-state index in [9.17, 15) is 18.3 Å². The third-order valence-electron chi connectivity index (χ3n) is 3.79. The van der Waals surface area contributed by atoms with Gasteiger partial charge in [-0.25, -0.2) is 0 Å². The maximum atomic E-state index is 12.1. The Labute approximate surface area is 128 Å². The van der Waals surface area contributed by atoms with E-state index in [4.69, 9.17) is 0 Å². The van der Waals surface area contributed by atoms with Crippen LogP contribution in [0.25, 0.3) is 10.8 Å². The summed E-state index contributed by atoms with van der Waals surface area (Å²) in [6.07, 6.45) is 1.41. The van der Waals surface area contributed by atoms with Gasteiger partial charge in [0.05, 0.1) is 18.3 Å². The van der Waals surface area contributed by atoms with Crippen molar-refractivity contribution >= 4 is 33.0 Å². The number of benzene rings is 2. The highest BCUT2D eigenvalue weighted by Gasteiger charge is 2.36. The SMILES string of the molecule is CCc1ccc2cc(O)c(N3CC(C=O)NS3(=O)=O)cc2c1. The van der Waals surface area contributed by atoms with Crippen LogP contribution in [0.3, 0.4) is 0 Å². The molecule has 1 aliphatic heterocycles. The van der Waals surface area contributed by atoms with E-state index in [-0.39, 0.29) is 18.0 Å². The van der Waals surface area contributed by atoms with Gasteiger partial charge in [-0.05, 0) is 34.9 Å². The van der Waals surface area contributed by atoms with Crippen LogP contribution in [0, 0.1) is 0 Å². The van der Waals surface area contributed by atoms with Crippen molar-refractivity contribution in [3.8, 4) is 5.75 Å². The summed E-state index contributed by atoms with van der Waals surface area (Å²) in [5.41, 5.74) is 1.30. The molecule has 3 rings (SSSR count). The number of hydrogen-bond acceptors (Lipinski definition) is 4. The first-order valence-corrected chi connectivity index (χ1v) is 8.39. The minimum Gasteiger partial charge on any atom is -0.506 e. The number of rotatable bonds is 3. The van der Waals surface area contributed by atoms with E-state index in [1.54, 1.807) is 6.07 Å². The van der Waals surface area contributed by atoms with Crippen molar-refractivity contribution in [1.82, 2.24) is 4.72 Å². The largest absolute Gasteiger partial charge is 0.506 e. The first-order chi connectivity index (χ1) is 10.4. The average molecular weight is 320 g/mol. The van der Waals surface area contributed by atoms with Crippen molar-refractivity contribution in [2.45, 2.75) is 19.4 Å². The third-order valence-corrected chi connectivity index (χ3v) is 5.32. The molecule has 1 heterocycles. The highest BCUT2D eigenvalue weighted by Crippen LogP contribution is 2.35. The lowest BCUT2D eigenvalue weighted by Crippen LogP contribution is -2.30. The Kier molecular flexibility index (Phi) is 3.54. The van der Waals surface area contributed by atoms with Crippen LogP contribution in [0.5, 0.6) is 5.75 Å². The molecule has 0 radical (unpaired) electrons. The third kappa shape index (κ3) is 2.42. The maximum Gasteiger partial charge on any atom is 0.302 e. The van der Waals surface area contributed by atoms with Gasteiger partial charge < -0.3 is 9.90 Å². The second kappa shape index (κ2) is 5.26. The lowest BCUT2D eigenvalue weighted by atomic mass is 10.0. The van der Waals surface area contributed by atoms with Crippen molar-refractivity contribution < 1.29 is 18.3 Å². The smallest absolute Gasteiger partial charge is 0.302 e. The van der Waals surface area contributed by atoms with Gasteiger partial charge in [0, 0.05) is 0 Å². The number of aromatic hydroxyl groups is 1. The fourth-order valence-corrected chi connectivity index (χ4v) is 4.01. The van der Waals surface area contributed by atoms with Crippen LogP contribution in [-0.4, -0.2) is 32.4 Å². The zero-order valence-electron chi connectivity index (χ0n) is 12.0. The number of carbonyl (C=O) groups excluding carboxylic acids is 1. The Morgan fingerprint density at radius 3 is 2.73 bits per heavy atom. The lowest BCUT2D eigenvalue weighted by Gasteiger charge is -2.18. The molecule has 1 saturated heterocycles. The summed E-state index contributed by atoms with van der Waals surface area (Å²) in [6.45, 7) is 2.00. The van der Waals surface area contributed by atoms with Crippen molar-refractivity contribution in [1.29, 1.82) is 0 Å². The van der Waals surface area contributed by atoms with Crippen LogP contribution in [0.4, 0.5) is 5.69 Å². The van der Waals surface area contributed by atoms with Gasteiger partial charge in [0.25, 0.3) is 0 Å². The molecular weight excluding hydrogens is 304 g/mol. The normalized spacial score (nSPS) is 20.4. The highest BCUT2D eigenvalue weighted by molar-refractivity contribution is 7.91. The standard InChI is InChI=1S/C15H16N2O4S/c1-2-10-3-4-11-7-15(19)14(6-12(11)5-10)17-8-13(9-18)16-22(17,20)21/h3-7,9,13,16,19H,2,8H2,1H3. The van der Waals surface area contributed by atoms with Gasteiger partial charge in [0.2, 0.25) is 0 Å². The topological polar surface area (TPSA) is 86.7 Å². The number of fused-ring (bicyclic) bond motifs is 1. The average Bonchev–Trinajstić information content (AvgIpc) is 2.81. The van der Waals surface area contributed by atoms with Crippen LogP contribution in [-0.2, 0) is 21.4 Å². The minimum atomic E-state index is -3.82. The highest BCUT2D eigenvalue weighted by atomic mass is 32.2. The van der Waals surface area contributed by atoms with Gasteiger partial charge >= 0.3 is 10.2 Å². The number of hydrogen-bond donors (Lipinski definition) is 2. The number of aldehydes is 1. The van der Waals surface area contributed by atoms with E-state index in [1.165, 1.54) is 6.07 Å². The van der Waals surface area contributed by atoms with Crippen molar-refractivity contribution in [2.75, 3.05) is 10.8 Å². The van der Waals surface area contributed by atoms with E-state index < -0.39 is 16.3 Å². The van der Waals surface area contributed by atoms with E-state index in [2.05, 4.69) is 4.72 Å². The Balaban J connectivity index is 2.14. The van der Waals surface area contributed by atoms with Gasteiger partial charge in [-0.15, -0.1) is 0 Å². The maximum absolute atomic E-state index is 12.1. The summed E-state index contributed by atoms with van der Waals surface area (Å²) in [7, 11) is -3.82. The number of aryl methyl sites for hydroxylation is 1. The first kappa shape index (κ1) is 14.8. The molecule has 0 spiro atoms. The fourth-order valence-electron chi connectivity index (χ4n) is 2.61. The summed E-state index contributed by atoms with van der Waals surface area (Å²) in [4.78, 5) is 10.8. The van der Waals surface area contributed by atoms with Crippen molar-refractivity contribution in [3.05, 3.63) is 35.9 Å². The summed E-state index contributed by atoms with van der Waals surface area (Å²) in [5, 5.41) is 11.8. The molecule has 1 aliphatic rings. The summed E-state index contributed by atoms with van der Waals surface area (Å²) in [6, 6.07) is 8.19. The monoisotopic (exact) mass is 320 g/mol.